The second-order valence-electron chi connectivity index (χ2n) is 6.91. The predicted octanol–water partition coefficient (Wildman–Crippen LogP) is 3.57. The van der Waals surface area contributed by atoms with Crippen molar-refractivity contribution in [2.24, 2.45) is 0 Å². The molecule has 0 amide bonds. The monoisotopic (exact) mass is 359 g/mol. The van der Waals surface area contributed by atoms with Gasteiger partial charge in [0.05, 0.1) is 0 Å². The SMILES string of the molecule is CN1CCN(c2nccc(N(Cc3ccccc3)c3ccccc3)n2)CC1. The third-order valence-electron chi connectivity index (χ3n) is 4.94. The molecule has 0 bridgehead atoms. The fourth-order valence-corrected chi connectivity index (χ4v) is 3.33. The molecule has 0 atom stereocenters. The molecule has 1 saturated heterocycles. The van der Waals surface area contributed by atoms with Crippen LogP contribution in [0.5, 0.6) is 0 Å². The van der Waals surface area contributed by atoms with E-state index >= 15 is 0 Å². The highest BCUT2D eigenvalue weighted by molar-refractivity contribution is 5.61. The van der Waals surface area contributed by atoms with Crippen molar-refractivity contribution in [2.45, 2.75) is 6.54 Å². The number of para-hydroxylation sites is 1. The molecule has 138 valence electrons. The maximum atomic E-state index is 4.92. The van der Waals surface area contributed by atoms with Gasteiger partial charge in [0.1, 0.15) is 5.82 Å². The van der Waals surface area contributed by atoms with E-state index in [2.05, 4.69) is 75.3 Å². The van der Waals surface area contributed by atoms with E-state index < -0.39 is 0 Å². The lowest BCUT2D eigenvalue weighted by Crippen LogP contribution is -2.45. The van der Waals surface area contributed by atoms with Gasteiger partial charge in [0.25, 0.3) is 0 Å². The van der Waals surface area contributed by atoms with Gasteiger partial charge in [-0.05, 0) is 30.8 Å². The Balaban J connectivity index is 1.64. The Labute approximate surface area is 160 Å². The standard InChI is InChI=1S/C22H25N5/c1-25-14-16-26(17-15-25)22-23-13-12-21(24-22)27(20-10-6-3-7-11-20)18-19-8-4-2-5-9-19/h2-13H,14-18H2,1H3. The van der Waals surface area contributed by atoms with Crippen molar-refractivity contribution in [3.63, 3.8) is 0 Å². The lowest BCUT2D eigenvalue weighted by atomic mass is 10.2. The summed E-state index contributed by atoms with van der Waals surface area (Å²) in [5, 5.41) is 0. The lowest BCUT2D eigenvalue weighted by molar-refractivity contribution is 0.311. The minimum absolute atomic E-state index is 0.768. The molecule has 27 heavy (non-hydrogen) atoms. The van der Waals surface area contributed by atoms with E-state index in [-0.39, 0.29) is 0 Å². The summed E-state index contributed by atoms with van der Waals surface area (Å²) in [6.07, 6.45) is 1.87. The molecular weight excluding hydrogens is 334 g/mol. The van der Waals surface area contributed by atoms with Crippen LogP contribution in [0.3, 0.4) is 0 Å². The molecular formula is C22H25N5. The highest BCUT2D eigenvalue weighted by atomic mass is 15.3. The minimum Gasteiger partial charge on any atom is -0.338 e. The first-order valence-electron chi connectivity index (χ1n) is 9.43. The molecule has 5 heteroatoms. The number of hydrogen-bond acceptors (Lipinski definition) is 5. The van der Waals surface area contributed by atoms with Gasteiger partial charge in [0.2, 0.25) is 5.95 Å². The summed E-state index contributed by atoms with van der Waals surface area (Å²) in [5.41, 5.74) is 2.38. The highest BCUT2D eigenvalue weighted by Gasteiger charge is 2.18. The van der Waals surface area contributed by atoms with Crippen LogP contribution in [-0.2, 0) is 6.54 Å². The Morgan fingerprint density at radius 2 is 1.52 bits per heavy atom. The topological polar surface area (TPSA) is 35.5 Å². The largest absolute Gasteiger partial charge is 0.338 e. The van der Waals surface area contributed by atoms with Gasteiger partial charge in [-0.3, -0.25) is 0 Å². The zero-order valence-corrected chi connectivity index (χ0v) is 15.7. The molecule has 5 nitrogen and oxygen atoms in total. The van der Waals surface area contributed by atoms with Gasteiger partial charge in [-0.25, -0.2) is 4.98 Å². The average Bonchev–Trinajstić information content (AvgIpc) is 2.74. The van der Waals surface area contributed by atoms with Crippen LogP contribution in [0.4, 0.5) is 17.5 Å². The van der Waals surface area contributed by atoms with Crippen LogP contribution < -0.4 is 9.80 Å². The van der Waals surface area contributed by atoms with Gasteiger partial charge >= 0.3 is 0 Å². The quantitative estimate of drug-likeness (QED) is 0.696. The third-order valence-corrected chi connectivity index (χ3v) is 4.94. The third kappa shape index (κ3) is 4.26. The molecule has 0 aliphatic carbocycles. The van der Waals surface area contributed by atoms with Crippen LogP contribution in [0.2, 0.25) is 0 Å². The fraction of sp³-hybridized carbons (Fsp3) is 0.273. The molecule has 2 heterocycles. The van der Waals surface area contributed by atoms with E-state index in [4.69, 9.17) is 4.98 Å². The molecule has 0 spiro atoms. The van der Waals surface area contributed by atoms with E-state index in [0.29, 0.717) is 0 Å². The molecule has 2 aromatic carbocycles. The Kier molecular flexibility index (Phi) is 5.30. The smallest absolute Gasteiger partial charge is 0.227 e. The van der Waals surface area contributed by atoms with E-state index in [1.165, 1.54) is 5.56 Å². The van der Waals surface area contributed by atoms with Crippen LogP contribution >= 0.6 is 0 Å². The molecule has 0 radical (unpaired) electrons. The number of anilines is 3. The fourth-order valence-electron chi connectivity index (χ4n) is 3.33. The molecule has 4 rings (SSSR count). The molecule has 1 aliphatic heterocycles. The average molecular weight is 359 g/mol. The maximum absolute atomic E-state index is 4.92. The van der Waals surface area contributed by atoms with Gasteiger partial charge in [-0.1, -0.05) is 48.5 Å². The first-order valence-corrected chi connectivity index (χ1v) is 9.43. The summed E-state index contributed by atoms with van der Waals surface area (Å²) in [6, 6.07) is 22.9. The summed E-state index contributed by atoms with van der Waals surface area (Å²) in [5.74, 6) is 1.74. The van der Waals surface area contributed by atoms with Crippen molar-refractivity contribution >= 4 is 17.5 Å². The van der Waals surface area contributed by atoms with Gasteiger partial charge in [0.15, 0.2) is 0 Å². The van der Waals surface area contributed by atoms with Crippen LogP contribution in [0.15, 0.2) is 72.9 Å². The number of benzene rings is 2. The first kappa shape index (κ1) is 17.5. The summed E-state index contributed by atoms with van der Waals surface area (Å²) in [6.45, 7) is 4.78. The number of aromatic nitrogens is 2. The zero-order valence-electron chi connectivity index (χ0n) is 15.7. The van der Waals surface area contributed by atoms with Crippen molar-refractivity contribution in [1.29, 1.82) is 0 Å². The molecule has 3 aromatic rings. The lowest BCUT2D eigenvalue weighted by Gasteiger charge is -2.33. The Hall–Kier alpha value is -2.92. The first-order chi connectivity index (χ1) is 13.3. The van der Waals surface area contributed by atoms with E-state index in [0.717, 1.165) is 50.2 Å². The summed E-state index contributed by atoms with van der Waals surface area (Å²) < 4.78 is 0. The van der Waals surface area contributed by atoms with Crippen molar-refractivity contribution in [2.75, 3.05) is 43.0 Å². The summed E-state index contributed by atoms with van der Waals surface area (Å²) in [7, 11) is 2.16. The number of rotatable bonds is 5. The Bertz CT molecular complexity index is 845. The van der Waals surface area contributed by atoms with Gasteiger partial charge in [-0.15, -0.1) is 0 Å². The van der Waals surface area contributed by atoms with Crippen molar-refractivity contribution in [3.05, 3.63) is 78.5 Å². The van der Waals surface area contributed by atoms with Crippen LogP contribution in [0.25, 0.3) is 0 Å². The number of nitrogens with zero attached hydrogens (tertiary/aromatic N) is 5. The Morgan fingerprint density at radius 3 is 2.22 bits per heavy atom. The minimum atomic E-state index is 0.768. The highest BCUT2D eigenvalue weighted by Crippen LogP contribution is 2.27. The van der Waals surface area contributed by atoms with Gasteiger partial charge < -0.3 is 14.7 Å². The maximum Gasteiger partial charge on any atom is 0.227 e. The number of piperazine rings is 1. The zero-order chi connectivity index (χ0) is 18.5. The number of hydrogen-bond donors (Lipinski definition) is 0. The van der Waals surface area contributed by atoms with Crippen molar-refractivity contribution in [1.82, 2.24) is 14.9 Å². The van der Waals surface area contributed by atoms with Crippen LogP contribution in [0, 0.1) is 0 Å². The predicted molar refractivity (Wildman–Crippen MR) is 110 cm³/mol. The molecule has 1 aliphatic rings. The summed E-state index contributed by atoms with van der Waals surface area (Å²) >= 11 is 0. The van der Waals surface area contributed by atoms with Gasteiger partial charge in [-0.2, -0.15) is 4.98 Å². The Morgan fingerprint density at radius 1 is 0.852 bits per heavy atom. The van der Waals surface area contributed by atoms with Crippen molar-refractivity contribution in [3.8, 4) is 0 Å². The van der Waals surface area contributed by atoms with E-state index in [1.54, 1.807) is 0 Å². The van der Waals surface area contributed by atoms with E-state index in [9.17, 15) is 0 Å². The normalized spacial score (nSPS) is 14.9. The second-order valence-corrected chi connectivity index (χ2v) is 6.91. The van der Waals surface area contributed by atoms with E-state index in [1.807, 2.05) is 24.4 Å². The van der Waals surface area contributed by atoms with Crippen LogP contribution in [0.1, 0.15) is 5.56 Å². The molecule has 1 fully saturated rings. The molecule has 1 aromatic heterocycles. The molecule has 0 unspecified atom stereocenters. The number of likely N-dealkylation sites (N-methyl/N-ethyl adjacent to an activating group) is 1. The van der Waals surface area contributed by atoms with Crippen molar-refractivity contribution < 1.29 is 0 Å². The van der Waals surface area contributed by atoms with Gasteiger partial charge in [0, 0.05) is 44.6 Å². The second kappa shape index (κ2) is 8.18. The summed E-state index contributed by atoms with van der Waals surface area (Å²) in [4.78, 5) is 16.3. The molecule has 0 N–H and O–H groups in total. The van der Waals surface area contributed by atoms with Crippen LogP contribution in [-0.4, -0.2) is 48.1 Å². The molecule has 0 saturated carbocycles.